The fraction of sp³-hybridized carbons (Fsp3) is 0.531. The molecule has 0 aliphatic rings. The number of nitrogens with zero attached hydrogens (tertiary/aromatic N) is 1. The lowest BCUT2D eigenvalue weighted by Gasteiger charge is -2.39. The number of nitrogens with one attached hydrogen (secondary N) is 2. The number of phenols is 1. The van der Waals surface area contributed by atoms with Gasteiger partial charge in [0.1, 0.15) is 23.4 Å². The number of phenolic OH excluding ortho intramolecular Hbond substituents is 1. The summed E-state index contributed by atoms with van der Waals surface area (Å²) in [5.74, 6) is -0.602. The second-order valence-electron chi connectivity index (χ2n) is 12.3. The van der Waals surface area contributed by atoms with E-state index in [0.29, 0.717) is 12.0 Å². The molecule has 0 aliphatic heterocycles. The first-order valence-corrected chi connectivity index (χ1v) is 14.0. The lowest BCUT2D eigenvalue weighted by molar-refractivity contribution is -0.145. The molecule has 0 spiro atoms. The molecule has 3 N–H and O–H groups in total. The van der Waals surface area contributed by atoms with Crippen LogP contribution in [0.2, 0.25) is 0 Å². The van der Waals surface area contributed by atoms with Crippen LogP contribution in [0.4, 0.5) is 4.79 Å². The molecule has 3 atom stereocenters. The van der Waals surface area contributed by atoms with Gasteiger partial charge in [-0.25, -0.2) is 4.79 Å². The summed E-state index contributed by atoms with van der Waals surface area (Å²) in [4.78, 5) is 42.8. The molecule has 0 radical (unpaired) electrons. The predicted molar refractivity (Wildman–Crippen MR) is 158 cm³/mol. The summed E-state index contributed by atoms with van der Waals surface area (Å²) in [6.07, 6.45) is 0.864. The lowest BCUT2D eigenvalue weighted by atomic mass is 9.96. The number of benzene rings is 2. The Hall–Kier alpha value is -3.55. The molecule has 8 nitrogen and oxygen atoms in total. The Morgan fingerprint density at radius 2 is 1.45 bits per heavy atom. The van der Waals surface area contributed by atoms with Crippen molar-refractivity contribution < 1.29 is 24.2 Å². The van der Waals surface area contributed by atoms with Crippen LogP contribution in [0.15, 0.2) is 48.5 Å². The molecule has 0 saturated heterocycles. The zero-order valence-electron chi connectivity index (χ0n) is 25.5. The van der Waals surface area contributed by atoms with Crippen LogP contribution < -0.4 is 10.6 Å². The van der Waals surface area contributed by atoms with Gasteiger partial charge in [0.15, 0.2) is 0 Å². The minimum absolute atomic E-state index is 0.0994. The smallest absolute Gasteiger partial charge is 0.408 e. The van der Waals surface area contributed by atoms with E-state index in [4.69, 9.17) is 4.74 Å². The normalized spacial score (nSPS) is 14.0. The number of hydrogen-bond donors (Lipinski definition) is 3. The molecule has 0 aliphatic carbocycles. The van der Waals surface area contributed by atoms with Crippen molar-refractivity contribution in [3.05, 3.63) is 65.2 Å². The average Bonchev–Trinajstić information content (AvgIpc) is 2.85. The van der Waals surface area contributed by atoms with Crippen LogP contribution in [0.1, 0.15) is 91.5 Å². The van der Waals surface area contributed by atoms with Crippen LogP contribution in [0, 0.1) is 0 Å². The maximum atomic E-state index is 14.5. The molecule has 0 bridgehead atoms. The van der Waals surface area contributed by atoms with Gasteiger partial charge in [-0.15, -0.1) is 0 Å². The van der Waals surface area contributed by atoms with Crippen molar-refractivity contribution in [3.63, 3.8) is 0 Å². The van der Waals surface area contributed by atoms with Crippen molar-refractivity contribution in [2.24, 2.45) is 0 Å². The van der Waals surface area contributed by atoms with E-state index in [1.165, 1.54) is 12.1 Å². The van der Waals surface area contributed by atoms with Gasteiger partial charge in [0.2, 0.25) is 11.8 Å². The van der Waals surface area contributed by atoms with Crippen molar-refractivity contribution in [1.82, 2.24) is 15.5 Å². The third-order valence-corrected chi connectivity index (χ3v) is 6.41. The first-order valence-electron chi connectivity index (χ1n) is 14.0. The van der Waals surface area contributed by atoms with Crippen molar-refractivity contribution >= 4 is 17.9 Å². The minimum Gasteiger partial charge on any atom is -0.508 e. The molecule has 3 unspecified atom stereocenters. The second kappa shape index (κ2) is 13.7. The number of rotatable bonds is 10. The molecule has 40 heavy (non-hydrogen) atoms. The van der Waals surface area contributed by atoms with Crippen molar-refractivity contribution in [1.29, 1.82) is 0 Å². The fourth-order valence-corrected chi connectivity index (χ4v) is 4.31. The average molecular weight is 554 g/mol. The minimum atomic E-state index is -1.02. The SMILES string of the molecule is CCc1ccc(C(C(=O)NC(C)(C)C)N(C(=O)C(Cc2ccc(O)cc2)NC(=O)OC(C)(C)C)C(C)CC)cc1. The topological polar surface area (TPSA) is 108 Å². The number of aryl methyl sites for hydroxylation is 1. The van der Waals surface area contributed by atoms with Gasteiger partial charge in [-0.1, -0.05) is 50.2 Å². The van der Waals surface area contributed by atoms with Crippen LogP contribution in [0.5, 0.6) is 5.75 Å². The number of alkyl carbamates (subject to hydrolysis) is 1. The molecule has 0 aromatic heterocycles. The van der Waals surface area contributed by atoms with Crippen molar-refractivity contribution in [2.45, 2.75) is 111 Å². The van der Waals surface area contributed by atoms with E-state index >= 15 is 0 Å². The van der Waals surface area contributed by atoms with Gasteiger partial charge in [-0.05, 0) is 90.1 Å². The number of ether oxygens (including phenoxy) is 1. The summed E-state index contributed by atoms with van der Waals surface area (Å²) >= 11 is 0. The second-order valence-corrected chi connectivity index (χ2v) is 12.3. The van der Waals surface area contributed by atoms with E-state index in [0.717, 1.165) is 17.5 Å². The molecular weight excluding hydrogens is 506 g/mol. The summed E-state index contributed by atoms with van der Waals surface area (Å²) in [6, 6.07) is 11.9. The Kier molecular flexibility index (Phi) is 11.2. The summed E-state index contributed by atoms with van der Waals surface area (Å²) in [5, 5.41) is 15.6. The van der Waals surface area contributed by atoms with Crippen LogP contribution >= 0.6 is 0 Å². The molecular formula is C32H47N3O5. The number of aromatic hydroxyl groups is 1. The molecule has 3 amide bonds. The number of carbonyl (C=O) groups excluding carboxylic acids is 3. The Morgan fingerprint density at radius 3 is 1.93 bits per heavy atom. The van der Waals surface area contributed by atoms with E-state index in [1.807, 2.05) is 58.9 Å². The van der Waals surface area contributed by atoms with E-state index < -0.39 is 35.2 Å². The van der Waals surface area contributed by atoms with Gasteiger partial charge in [0.25, 0.3) is 0 Å². The molecule has 0 saturated carbocycles. The first kappa shape index (κ1) is 32.7. The maximum absolute atomic E-state index is 14.5. The molecule has 220 valence electrons. The zero-order valence-corrected chi connectivity index (χ0v) is 25.5. The van der Waals surface area contributed by atoms with E-state index in [1.54, 1.807) is 37.8 Å². The fourth-order valence-electron chi connectivity index (χ4n) is 4.31. The van der Waals surface area contributed by atoms with Gasteiger partial charge in [0, 0.05) is 18.0 Å². The number of amides is 3. The van der Waals surface area contributed by atoms with Gasteiger partial charge in [-0.2, -0.15) is 0 Å². The molecule has 2 aromatic rings. The highest BCUT2D eigenvalue weighted by molar-refractivity contribution is 5.92. The van der Waals surface area contributed by atoms with Gasteiger partial charge in [-0.3, -0.25) is 9.59 Å². The monoisotopic (exact) mass is 553 g/mol. The van der Waals surface area contributed by atoms with E-state index in [9.17, 15) is 19.5 Å². The summed E-state index contributed by atoms with van der Waals surface area (Å²) < 4.78 is 5.49. The number of carbonyl (C=O) groups is 3. The number of hydrogen-bond acceptors (Lipinski definition) is 5. The highest BCUT2D eigenvalue weighted by Crippen LogP contribution is 2.28. The summed E-state index contributed by atoms with van der Waals surface area (Å²) in [7, 11) is 0. The molecule has 2 aromatic carbocycles. The molecule has 0 heterocycles. The van der Waals surface area contributed by atoms with E-state index in [-0.39, 0.29) is 24.1 Å². The molecule has 2 rings (SSSR count). The Morgan fingerprint density at radius 1 is 0.900 bits per heavy atom. The first-order chi connectivity index (χ1) is 18.5. The molecule has 8 heteroatoms. The lowest BCUT2D eigenvalue weighted by Crippen LogP contribution is -2.57. The molecule has 0 fully saturated rings. The van der Waals surface area contributed by atoms with Crippen LogP contribution in [-0.4, -0.2) is 51.1 Å². The standard InChI is InChI=1S/C32H47N3O5/c1-10-21(3)35(27(28(37)34-31(4,5)6)24-16-12-22(11-2)13-17-24)29(38)26(33-30(39)40-32(7,8)9)20-23-14-18-25(36)19-15-23/h12-19,21,26-27,36H,10-11,20H2,1-9H3,(H,33,39)(H,34,37). The van der Waals surface area contributed by atoms with Crippen molar-refractivity contribution in [2.75, 3.05) is 0 Å². The van der Waals surface area contributed by atoms with Crippen LogP contribution in [-0.2, 0) is 27.2 Å². The largest absolute Gasteiger partial charge is 0.508 e. The third kappa shape index (κ3) is 9.88. The van der Waals surface area contributed by atoms with Gasteiger partial charge < -0.3 is 25.4 Å². The Bertz CT molecular complexity index is 1130. The Balaban J connectivity index is 2.61. The Labute approximate surface area is 239 Å². The third-order valence-electron chi connectivity index (χ3n) is 6.41. The highest BCUT2D eigenvalue weighted by Gasteiger charge is 2.39. The van der Waals surface area contributed by atoms with Crippen LogP contribution in [0.25, 0.3) is 0 Å². The zero-order chi connectivity index (χ0) is 30.3. The van der Waals surface area contributed by atoms with Gasteiger partial charge in [0.05, 0.1) is 0 Å². The quantitative estimate of drug-likeness (QED) is 0.351. The van der Waals surface area contributed by atoms with E-state index in [2.05, 4.69) is 17.6 Å². The predicted octanol–water partition coefficient (Wildman–Crippen LogP) is 5.67. The summed E-state index contributed by atoms with van der Waals surface area (Å²) in [6.45, 7) is 16.9. The highest BCUT2D eigenvalue weighted by atomic mass is 16.6. The van der Waals surface area contributed by atoms with Crippen molar-refractivity contribution in [3.8, 4) is 5.75 Å². The summed E-state index contributed by atoms with van der Waals surface area (Å²) in [5.41, 5.74) is 1.26. The van der Waals surface area contributed by atoms with Crippen LogP contribution in [0.3, 0.4) is 0 Å². The van der Waals surface area contributed by atoms with Gasteiger partial charge >= 0.3 is 6.09 Å². The maximum Gasteiger partial charge on any atom is 0.408 e.